The van der Waals surface area contributed by atoms with Crippen LogP contribution in [0.5, 0.6) is 0 Å². The van der Waals surface area contributed by atoms with E-state index in [9.17, 15) is 0 Å². The Kier molecular flexibility index (Phi) is 6.62. The number of hydrogen-bond acceptors (Lipinski definition) is 5. The van der Waals surface area contributed by atoms with Crippen LogP contribution in [-0.4, -0.2) is 40.4 Å². The van der Waals surface area contributed by atoms with Gasteiger partial charge < -0.3 is 23.3 Å². The highest BCUT2D eigenvalue weighted by Crippen LogP contribution is 2.34. The molecule has 3 aromatic heterocycles. The topological polar surface area (TPSA) is 63.3 Å². The van der Waals surface area contributed by atoms with Gasteiger partial charge in [0.05, 0.1) is 39.9 Å². The van der Waals surface area contributed by atoms with E-state index in [0.717, 1.165) is 50.4 Å². The summed E-state index contributed by atoms with van der Waals surface area (Å²) in [5, 5.41) is 0. The van der Waals surface area contributed by atoms with Crippen LogP contribution in [0.1, 0.15) is 67.7 Å². The molecular formula is C29H32N4O3. The molecule has 0 saturated carbocycles. The van der Waals surface area contributed by atoms with Crippen molar-refractivity contribution in [3.63, 3.8) is 0 Å². The SMILES string of the molecule is COC(C)c1cc2ccc3nc(c4nc(ccc5ccc(c1n2C(C)OC)n5C(C)OC)C=C4)C=C3. The van der Waals surface area contributed by atoms with Gasteiger partial charge in [-0.1, -0.05) is 0 Å². The summed E-state index contributed by atoms with van der Waals surface area (Å²) < 4.78 is 21.9. The van der Waals surface area contributed by atoms with E-state index in [4.69, 9.17) is 24.2 Å². The normalized spacial score (nSPS) is 15.3. The van der Waals surface area contributed by atoms with Gasteiger partial charge in [-0.25, -0.2) is 9.97 Å². The largest absolute Gasteiger partial charge is 0.377 e. The first kappa shape index (κ1) is 24.2. The Balaban J connectivity index is 2.00. The van der Waals surface area contributed by atoms with Crippen LogP contribution in [0.3, 0.4) is 0 Å². The van der Waals surface area contributed by atoms with Gasteiger partial charge in [0.15, 0.2) is 0 Å². The summed E-state index contributed by atoms with van der Waals surface area (Å²) in [5.41, 5.74) is 8.59. The van der Waals surface area contributed by atoms with Crippen LogP contribution in [0.15, 0.2) is 42.5 Å². The van der Waals surface area contributed by atoms with Crippen molar-refractivity contribution in [3.8, 4) is 0 Å². The Morgan fingerprint density at radius 3 is 1.78 bits per heavy atom. The van der Waals surface area contributed by atoms with E-state index in [1.807, 2.05) is 50.3 Å². The van der Waals surface area contributed by atoms with Gasteiger partial charge in [0, 0.05) is 37.9 Å². The molecule has 2 aliphatic rings. The number of nitrogens with zero attached hydrogens (tertiary/aromatic N) is 4. The van der Waals surface area contributed by atoms with Crippen LogP contribution in [0, 0.1) is 0 Å². The summed E-state index contributed by atoms with van der Waals surface area (Å²) in [6, 6.07) is 14.6. The van der Waals surface area contributed by atoms with Crippen LogP contribution in [0.4, 0.5) is 0 Å². The first-order chi connectivity index (χ1) is 17.4. The van der Waals surface area contributed by atoms with Gasteiger partial charge in [0.25, 0.3) is 0 Å². The second-order valence-electron chi connectivity index (χ2n) is 8.98. The van der Waals surface area contributed by atoms with Crippen molar-refractivity contribution in [2.75, 3.05) is 21.3 Å². The Hall–Kier alpha value is -3.52. The zero-order chi connectivity index (χ0) is 25.4. The zero-order valence-corrected chi connectivity index (χ0v) is 21.6. The number of ether oxygens (including phenoxy) is 3. The first-order valence-corrected chi connectivity index (χ1v) is 12.1. The maximum atomic E-state index is 5.86. The smallest absolute Gasteiger partial charge is 0.131 e. The molecule has 186 valence electrons. The zero-order valence-electron chi connectivity index (χ0n) is 21.6. The maximum absolute atomic E-state index is 5.86. The number of rotatable bonds is 6. The van der Waals surface area contributed by atoms with Crippen molar-refractivity contribution >= 4 is 46.4 Å². The fraction of sp³-hybridized carbons (Fsp3) is 0.310. The van der Waals surface area contributed by atoms with E-state index in [2.05, 4.69) is 46.4 Å². The van der Waals surface area contributed by atoms with Crippen molar-refractivity contribution in [1.82, 2.24) is 19.1 Å². The van der Waals surface area contributed by atoms with Crippen molar-refractivity contribution < 1.29 is 14.2 Å². The minimum absolute atomic E-state index is 0.130. The third-order valence-corrected chi connectivity index (χ3v) is 6.92. The van der Waals surface area contributed by atoms with Gasteiger partial charge in [-0.3, -0.25) is 0 Å². The fourth-order valence-electron chi connectivity index (χ4n) is 4.77. The summed E-state index contributed by atoms with van der Waals surface area (Å²) in [6.07, 6.45) is 7.49. The molecule has 3 atom stereocenters. The lowest BCUT2D eigenvalue weighted by Crippen LogP contribution is -2.11. The molecule has 0 aliphatic carbocycles. The van der Waals surface area contributed by atoms with Crippen LogP contribution in [-0.2, 0) is 14.2 Å². The average molecular weight is 485 g/mol. The van der Waals surface area contributed by atoms with Gasteiger partial charge in [-0.2, -0.15) is 0 Å². The Labute approximate surface area is 211 Å². The summed E-state index contributed by atoms with van der Waals surface area (Å²) in [7, 11) is 5.19. The number of aromatic nitrogens is 4. The predicted molar refractivity (Wildman–Crippen MR) is 145 cm³/mol. The minimum atomic E-state index is -0.218. The van der Waals surface area contributed by atoms with Gasteiger partial charge in [0.1, 0.15) is 12.5 Å². The van der Waals surface area contributed by atoms with E-state index in [0.29, 0.717) is 0 Å². The van der Waals surface area contributed by atoms with E-state index < -0.39 is 0 Å². The number of fused-ring (bicyclic) bond motifs is 10. The molecule has 7 nitrogen and oxygen atoms in total. The van der Waals surface area contributed by atoms with Crippen LogP contribution >= 0.6 is 0 Å². The third kappa shape index (κ3) is 4.19. The predicted octanol–water partition coefficient (Wildman–Crippen LogP) is 6.64. The molecule has 0 aromatic carbocycles. The van der Waals surface area contributed by atoms with Crippen molar-refractivity contribution in [1.29, 1.82) is 0 Å². The van der Waals surface area contributed by atoms with Crippen molar-refractivity contribution in [2.24, 2.45) is 0 Å². The Morgan fingerprint density at radius 2 is 1.19 bits per heavy atom. The molecule has 3 unspecified atom stereocenters. The molecule has 0 amide bonds. The molecule has 0 N–H and O–H groups in total. The summed E-state index contributed by atoms with van der Waals surface area (Å²) in [5.74, 6) is 0. The summed E-state index contributed by atoms with van der Waals surface area (Å²) >= 11 is 0. The highest BCUT2D eigenvalue weighted by molar-refractivity contribution is 5.87. The number of hydrogen-bond donors (Lipinski definition) is 0. The quantitative estimate of drug-likeness (QED) is 0.270. The lowest BCUT2D eigenvalue weighted by molar-refractivity contribution is 0.0645. The Morgan fingerprint density at radius 1 is 0.639 bits per heavy atom. The third-order valence-electron chi connectivity index (χ3n) is 6.92. The lowest BCUT2D eigenvalue weighted by Gasteiger charge is -2.19. The highest BCUT2D eigenvalue weighted by atomic mass is 16.5. The molecule has 7 heteroatoms. The standard InChI is InChI=1S/C29H32N4O3/c1-18(34-4)25-17-24-12-8-22-10-15-27(31-22)26-14-9-21(30-26)7-11-23-13-16-28(32(23)19(2)35-5)29(25)33(24)20(3)36-6/h7-20H,1-6H3. The van der Waals surface area contributed by atoms with Gasteiger partial charge in [-0.15, -0.1) is 0 Å². The van der Waals surface area contributed by atoms with Gasteiger partial charge in [-0.05, 0) is 87.5 Å². The molecule has 0 fully saturated rings. The van der Waals surface area contributed by atoms with E-state index in [-0.39, 0.29) is 18.6 Å². The van der Waals surface area contributed by atoms with E-state index >= 15 is 0 Å². The molecule has 3 aromatic rings. The van der Waals surface area contributed by atoms with E-state index in [1.165, 1.54) is 0 Å². The van der Waals surface area contributed by atoms with E-state index in [1.54, 1.807) is 21.3 Å². The second kappa shape index (κ2) is 9.85. The van der Waals surface area contributed by atoms with Gasteiger partial charge in [0.2, 0.25) is 0 Å². The fourth-order valence-corrected chi connectivity index (χ4v) is 4.77. The Bertz CT molecular complexity index is 1510. The minimum Gasteiger partial charge on any atom is -0.377 e. The lowest BCUT2D eigenvalue weighted by atomic mass is 10.1. The van der Waals surface area contributed by atoms with Crippen LogP contribution in [0.2, 0.25) is 0 Å². The first-order valence-electron chi connectivity index (χ1n) is 12.1. The van der Waals surface area contributed by atoms with Crippen molar-refractivity contribution in [2.45, 2.75) is 39.3 Å². The molecule has 0 saturated heterocycles. The molecule has 5 heterocycles. The molecule has 5 rings (SSSR count). The summed E-state index contributed by atoms with van der Waals surface area (Å²) in [6.45, 7) is 6.16. The molecule has 0 radical (unpaired) electrons. The van der Waals surface area contributed by atoms with Gasteiger partial charge >= 0.3 is 0 Å². The molecule has 2 aliphatic heterocycles. The second-order valence-corrected chi connectivity index (χ2v) is 8.98. The summed E-state index contributed by atoms with van der Waals surface area (Å²) in [4.78, 5) is 9.54. The maximum Gasteiger partial charge on any atom is 0.131 e. The molecule has 8 bridgehead atoms. The molecule has 36 heavy (non-hydrogen) atoms. The molecule has 0 spiro atoms. The van der Waals surface area contributed by atoms with Crippen LogP contribution < -0.4 is 0 Å². The average Bonchev–Trinajstić information content (AvgIpc) is 3.68. The van der Waals surface area contributed by atoms with Crippen LogP contribution in [0.25, 0.3) is 46.4 Å². The monoisotopic (exact) mass is 484 g/mol. The number of methoxy groups -OCH3 is 3. The molecular weight excluding hydrogens is 452 g/mol. The van der Waals surface area contributed by atoms with Crippen molar-refractivity contribution in [3.05, 3.63) is 70.8 Å². The highest BCUT2D eigenvalue weighted by Gasteiger charge is 2.21.